The summed E-state index contributed by atoms with van der Waals surface area (Å²) in [7, 11) is 0. The van der Waals surface area contributed by atoms with Crippen LogP contribution in [0.25, 0.3) is 0 Å². The molecule has 5 rings (SSSR count). The van der Waals surface area contributed by atoms with Gasteiger partial charge in [0.25, 0.3) is 11.5 Å². The highest BCUT2D eigenvalue weighted by Gasteiger charge is 2.21. The molecule has 32 heavy (non-hydrogen) atoms. The van der Waals surface area contributed by atoms with E-state index in [1.165, 1.54) is 6.20 Å². The van der Waals surface area contributed by atoms with Gasteiger partial charge in [-0.3, -0.25) is 9.59 Å². The molecule has 2 aliphatic heterocycles. The summed E-state index contributed by atoms with van der Waals surface area (Å²) in [5.41, 5.74) is 2.58. The Balaban J connectivity index is 1.43. The minimum atomic E-state index is -0.559. The van der Waals surface area contributed by atoms with Crippen molar-refractivity contribution in [1.82, 2.24) is 9.97 Å². The van der Waals surface area contributed by atoms with Gasteiger partial charge in [-0.1, -0.05) is 0 Å². The first-order chi connectivity index (χ1) is 15.6. The van der Waals surface area contributed by atoms with Crippen molar-refractivity contribution in [3.63, 3.8) is 0 Å². The van der Waals surface area contributed by atoms with Crippen LogP contribution in [-0.2, 0) is 0 Å². The van der Waals surface area contributed by atoms with Crippen molar-refractivity contribution < 1.29 is 19.0 Å². The van der Waals surface area contributed by atoms with Crippen molar-refractivity contribution in [2.75, 3.05) is 42.3 Å². The predicted octanol–water partition coefficient (Wildman–Crippen LogP) is 2.65. The second-order valence-corrected chi connectivity index (χ2v) is 7.29. The number of amides is 1. The normalized spacial score (nSPS) is 13.9. The average molecular weight is 435 g/mol. The lowest BCUT2D eigenvalue weighted by atomic mass is 10.1. The van der Waals surface area contributed by atoms with Gasteiger partial charge in [0.05, 0.1) is 17.6 Å². The van der Waals surface area contributed by atoms with Crippen molar-refractivity contribution >= 4 is 28.7 Å². The largest absolute Gasteiger partial charge is 0.486 e. The second kappa shape index (κ2) is 8.14. The van der Waals surface area contributed by atoms with E-state index >= 15 is 0 Å². The summed E-state index contributed by atoms with van der Waals surface area (Å²) in [6, 6.07) is 6.71. The number of carbonyl (C=O) groups is 1. The van der Waals surface area contributed by atoms with Crippen LogP contribution in [0.3, 0.4) is 0 Å². The summed E-state index contributed by atoms with van der Waals surface area (Å²) in [6.45, 7) is 4.04. The molecule has 0 unspecified atom stereocenters. The molecule has 1 aromatic carbocycles. The van der Waals surface area contributed by atoms with Gasteiger partial charge in [0.2, 0.25) is 5.88 Å². The van der Waals surface area contributed by atoms with Gasteiger partial charge in [-0.2, -0.15) is 0 Å². The third-order valence-electron chi connectivity index (χ3n) is 5.20. The fourth-order valence-corrected chi connectivity index (χ4v) is 3.61. The lowest BCUT2D eigenvalue weighted by Crippen LogP contribution is -2.25. The van der Waals surface area contributed by atoms with Gasteiger partial charge in [0.1, 0.15) is 31.1 Å². The smallest absolute Gasteiger partial charge is 0.263 e. The summed E-state index contributed by atoms with van der Waals surface area (Å²) in [5, 5.41) is 9.19. The molecule has 0 fully saturated rings. The van der Waals surface area contributed by atoms with Crippen molar-refractivity contribution in [2.45, 2.75) is 6.92 Å². The summed E-state index contributed by atoms with van der Waals surface area (Å²) in [4.78, 5) is 32.5. The summed E-state index contributed by atoms with van der Waals surface area (Å²) in [5.74, 6) is 1.12. The van der Waals surface area contributed by atoms with Gasteiger partial charge >= 0.3 is 0 Å². The number of benzene rings is 1. The van der Waals surface area contributed by atoms with Crippen molar-refractivity contribution in [1.29, 1.82) is 0 Å². The molecule has 4 heterocycles. The standard InChI is InChI=1S/C22H21N5O5/c1-12-15(11-25-22-19(12)23-6-7-32-22)27-14-4-5-24-20(28)18(14)21(29)26-13-2-3-16-17(10-13)31-9-8-30-16/h2-5,10-11,23H,6-9H2,1H3,(H,26,29)(H2,24,27,28). The van der Waals surface area contributed by atoms with Crippen molar-refractivity contribution in [3.8, 4) is 17.4 Å². The highest BCUT2D eigenvalue weighted by molar-refractivity contribution is 6.08. The number of hydrogen-bond donors (Lipinski definition) is 4. The maximum Gasteiger partial charge on any atom is 0.263 e. The number of nitrogens with one attached hydrogen (secondary N) is 4. The van der Waals surface area contributed by atoms with Gasteiger partial charge < -0.3 is 35.1 Å². The number of pyridine rings is 2. The maximum atomic E-state index is 13.0. The topological polar surface area (TPSA) is 127 Å². The highest BCUT2D eigenvalue weighted by atomic mass is 16.6. The van der Waals surface area contributed by atoms with Gasteiger partial charge in [-0.25, -0.2) is 4.98 Å². The molecular formula is C22H21N5O5. The summed E-state index contributed by atoms with van der Waals surface area (Å²) in [6.07, 6.45) is 3.10. The van der Waals surface area contributed by atoms with E-state index in [1.54, 1.807) is 30.5 Å². The monoisotopic (exact) mass is 435 g/mol. The van der Waals surface area contributed by atoms with Gasteiger partial charge in [-0.05, 0) is 25.1 Å². The molecular weight excluding hydrogens is 414 g/mol. The third kappa shape index (κ3) is 3.66. The van der Waals surface area contributed by atoms with Gasteiger partial charge in [0, 0.05) is 30.1 Å². The lowest BCUT2D eigenvalue weighted by molar-refractivity contribution is 0.102. The first-order valence-corrected chi connectivity index (χ1v) is 10.2. The Morgan fingerprint density at radius 2 is 1.91 bits per heavy atom. The molecule has 0 saturated heterocycles. The molecule has 10 heteroatoms. The number of hydrogen-bond acceptors (Lipinski definition) is 8. The van der Waals surface area contributed by atoms with E-state index in [0.717, 1.165) is 11.3 Å². The third-order valence-corrected chi connectivity index (χ3v) is 5.20. The van der Waals surface area contributed by atoms with E-state index in [1.807, 2.05) is 6.92 Å². The maximum absolute atomic E-state index is 13.0. The van der Waals surface area contributed by atoms with E-state index in [0.29, 0.717) is 60.8 Å². The van der Waals surface area contributed by atoms with Crippen molar-refractivity contribution in [3.05, 3.63) is 58.1 Å². The van der Waals surface area contributed by atoms with Crippen LogP contribution < -0.4 is 35.7 Å². The molecule has 2 aromatic heterocycles. The van der Waals surface area contributed by atoms with Crippen LogP contribution in [0.15, 0.2) is 41.5 Å². The van der Waals surface area contributed by atoms with Crippen molar-refractivity contribution in [2.24, 2.45) is 0 Å². The number of carbonyl (C=O) groups excluding carboxylic acids is 1. The number of anilines is 4. The zero-order valence-corrected chi connectivity index (χ0v) is 17.3. The molecule has 2 aliphatic rings. The molecule has 10 nitrogen and oxygen atoms in total. The Morgan fingerprint density at radius 3 is 2.78 bits per heavy atom. The SMILES string of the molecule is Cc1c(Nc2cc[nH]c(=O)c2C(=O)Nc2ccc3c(c2)OCCO3)cnc2c1NCCO2. The minimum absolute atomic E-state index is 0.0521. The number of aromatic nitrogens is 2. The van der Waals surface area contributed by atoms with E-state index in [2.05, 4.69) is 25.9 Å². The Morgan fingerprint density at radius 1 is 1.06 bits per heavy atom. The Hall–Kier alpha value is -4.21. The van der Waals surface area contributed by atoms with Crippen LogP contribution >= 0.6 is 0 Å². The minimum Gasteiger partial charge on any atom is -0.486 e. The van der Waals surface area contributed by atoms with Crippen LogP contribution in [0, 0.1) is 6.92 Å². The highest BCUT2D eigenvalue weighted by Crippen LogP contribution is 2.35. The predicted molar refractivity (Wildman–Crippen MR) is 119 cm³/mol. The Kier molecular flexibility index (Phi) is 5.02. The Labute approximate surface area is 182 Å². The van der Waals surface area contributed by atoms with Crippen LogP contribution in [-0.4, -0.2) is 42.2 Å². The van der Waals surface area contributed by atoms with Gasteiger partial charge in [0.15, 0.2) is 11.5 Å². The van der Waals surface area contributed by atoms with E-state index in [9.17, 15) is 9.59 Å². The number of fused-ring (bicyclic) bond motifs is 2. The second-order valence-electron chi connectivity index (χ2n) is 7.29. The van der Waals surface area contributed by atoms with Gasteiger partial charge in [-0.15, -0.1) is 0 Å². The molecule has 164 valence electrons. The average Bonchev–Trinajstić information content (AvgIpc) is 2.81. The molecule has 0 atom stereocenters. The zero-order chi connectivity index (χ0) is 22.1. The quantitative estimate of drug-likeness (QED) is 0.493. The molecule has 4 N–H and O–H groups in total. The number of nitrogens with zero attached hydrogens (tertiary/aromatic N) is 1. The molecule has 3 aromatic rings. The van der Waals surface area contributed by atoms with Crippen LogP contribution in [0.5, 0.6) is 17.4 Å². The number of ether oxygens (including phenoxy) is 3. The zero-order valence-electron chi connectivity index (χ0n) is 17.3. The number of rotatable bonds is 4. The lowest BCUT2D eigenvalue weighted by Gasteiger charge is -2.22. The number of H-pyrrole nitrogens is 1. The first kappa shape index (κ1) is 19.7. The molecule has 0 bridgehead atoms. The first-order valence-electron chi connectivity index (χ1n) is 10.2. The van der Waals surface area contributed by atoms with E-state index < -0.39 is 11.5 Å². The van der Waals surface area contributed by atoms with Crippen LogP contribution in [0.2, 0.25) is 0 Å². The fourth-order valence-electron chi connectivity index (χ4n) is 3.61. The van der Waals surface area contributed by atoms with E-state index in [-0.39, 0.29) is 5.56 Å². The molecule has 0 spiro atoms. The number of aromatic amines is 1. The fraction of sp³-hybridized carbons (Fsp3) is 0.227. The van der Waals surface area contributed by atoms with Crippen LogP contribution in [0.1, 0.15) is 15.9 Å². The summed E-state index contributed by atoms with van der Waals surface area (Å²) >= 11 is 0. The molecule has 0 aliphatic carbocycles. The molecule has 0 saturated carbocycles. The van der Waals surface area contributed by atoms with Crippen LogP contribution in [0.4, 0.5) is 22.7 Å². The molecule has 1 amide bonds. The Bertz CT molecular complexity index is 1260. The van der Waals surface area contributed by atoms with E-state index in [4.69, 9.17) is 14.2 Å². The summed E-state index contributed by atoms with van der Waals surface area (Å²) < 4.78 is 16.6. The molecule has 0 radical (unpaired) electrons.